The minimum atomic E-state index is -0.420. The number of dihydropyridines is 1. The smallest absolute Gasteiger partial charge is 0.116 e. The van der Waals surface area contributed by atoms with Crippen LogP contribution in [-0.4, -0.2) is 5.75 Å². The molecule has 1 aliphatic carbocycles. The van der Waals surface area contributed by atoms with Gasteiger partial charge in [-0.1, -0.05) is 19.8 Å². The fourth-order valence-electron chi connectivity index (χ4n) is 2.90. The van der Waals surface area contributed by atoms with Gasteiger partial charge >= 0.3 is 0 Å². The molecule has 3 N–H and O–H groups in total. The molecule has 0 atom stereocenters. The van der Waals surface area contributed by atoms with Crippen molar-refractivity contribution >= 4 is 11.8 Å². The first-order chi connectivity index (χ1) is 8.69. The second kappa shape index (κ2) is 4.96. The van der Waals surface area contributed by atoms with Crippen molar-refractivity contribution in [1.29, 1.82) is 10.5 Å². The van der Waals surface area contributed by atoms with Gasteiger partial charge in [0.25, 0.3) is 0 Å². The Labute approximate surface area is 112 Å². The third-order valence-electron chi connectivity index (χ3n) is 3.67. The fourth-order valence-corrected chi connectivity index (χ4v) is 3.76. The minimum Gasteiger partial charge on any atom is -0.384 e. The van der Waals surface area contributed by atoms with Crippen molar-refractivity contribution < 1.29 is 0 Å². The maximum Gasteiger partial charge on any atom is 0.116 e. The third-order valence-corrected chi connectivity index (χ3v) is 4.55. The van der Waals surface area contributed by atoms with Gasteiger partial charge in [-0.15, -0.1) is 11.8 Å². The second-order valence-electron chi connectivity index (χ2n) is 4.56. The molecule has 0 aromatic heterocycles. The molecule has 0 unspecified atom stereocenters. The lowest BCUT2D eigenvalue weighted by atomic mass is 9.72. The van der Waals surface area contributed by atoms with Crippen molar-refractivity contribution in [2.45, 2.75) is 32.6 Å². The van der Waals surface area contributed by atoms with Gasteiger partial charge in [-0.2, -0.15) is 10.5 Å². The van der Waals surface area contributed by atoms with Crippen LogP contribution < -0.4 is 11.1 Å². The molecule has 4 nitrogen and oxygen atoms in total. The number of hydrogen-bond acceptors (Lipinski definition) is 5. The number of thioether (sulfide) groups is 1. The monoisotopic (exact) mass is 260 g/mol. The molecule has 1 saturated carbocycles. The van der Waals surface area contributed by atoms with Crippen LogP contribution in [0.25, 0.3) is 0 Å². The molecule has 0 radical (unpaired) electrons. The summed E-state index contributed by atoms with van der Waals surface area (Å²) in [7, 11) is 0. The summed E-state index contributed by atoms with van der Waals surface area (Å²) in [5.74, 6) is 1.30. The van der Waals surface area contributed by atoms with Gasteiger partial charge in [0.2, 0.25) is 0 Å². The molecule has 0 aromatic carbocycles. The average molecular weight is 260 g/mol. The number of nitrogens with one attached hydrogen (secondary N) is 1. The summed E-state index contributed by atoms with van der Waals surface area (Å²) < 4.78 is 0. The van der Waals surface area contributed by atoms with E-state index >= 15 is 0 Å². The van der Waals surface area contributed by atoms with Crippen molar-refractivity contribution in [1.82, 2.24) is 5.32 Å². The number of rotatable bonds is 2. The molecule has 0 amide bonds. The largest absolute Gasteiger partial charge is 0.384 e. The van der Waals surface area contributed by atoms with E-state index in [4.69, 9.17) is 5.73 Å². The summed E-state index contributed by atoms with van der Waals surface area (Å²) in [6, 6.07) is 4.52. The van der Waals surface area contributed by atoms with Crippen LogP contribution in [-0.2, 0) is 0 Å². The Kier molecular flexibility index (Phi) is 3.54. The van der Waals surface area contributed by atoms with E-state index in [-0.39, 0.29) is 0 Å². The highest BCUT2D eigenvalue weighted by molar-refractivity contribution is 8.03. The maximum absolute atomic E-state index is 9.48. The molecule has 5 heteroatoms. The predicted octanol–water partition coefficient (Wildman–Crippen LogP) is 2.33. The maximum atomic E-state index is 9.48. The molecule has 1 fully saturated rings. The summed E-state index contributed by atoms with van der Waals surface area (Å²) in [4.78, 5) is 0. The Morgan fingerprint density at radius 2 is 1.89 bits per heavy atom. The number of hydrogen-bond donors (Lipinski definition) is 2. The standard InChI is InChI=1S/C13H16N4S/c1-2-18-12-10(8-15)13(5-3-4-6-13)9(7-14)11(16)17-12/h17H,2-6,16H2,1H3. The van der Waals surface area contributed by atoms with E-state index in [1.165, 1.54) is 0 Å². The lowest BCUT2D eigenvalue weighted by Gasteiger charge is -2.34. The van der Waals surface area contributed by atoms with E-state index < -0.39 is 5.41 Å². The number of nitrogens with two attached hydrogens (primary N) is 1. The Balaban J connectivity index is 2.57. The Bertz CT molecular complexity index is 498. The zero-order valence-electron chi connectivity index (χ0n) is 10.4. The van der Waals surface area contributed by atoms with E-state index in [1.54, 1.807) is 11.8 Å². The van der Waals surface area contributed by atoms with Crippen molar-refractivity contribution in [3.8, 4) is 12.1 Å². The van der Waals surface area contributed by atoms with Crippen LogP contribution in [0.2, 0.25) is 0 Å². The molecule has 0 saturated heterocycles. The van der Waals surface area contributed by atoms with Crippen LogP contribution in [0.4, 0.5) is 0 Å². The number of nitriles is 2. The van der Waals surface area contributed by atoms with Gasteiger partial charge in [-0.25, -0.2) is 0 Å². The molecule has 1 spiro atoms. The summed E-state index contributed by atoms with van der Waals surface area (Å²) in [6.07, 6.45) is 3.81. The van der Waals surface area contributed by atoms with Gasteiger partial charge in [-0.05, 0) is 18.6 Å². The zero-order valence-corrected chi connectivity index (χ0v) is 11.2. The molecule has 0 aromatic rings. The van der Waals surface area contributed by atoms with Gasteiger partial charge in [0.15, 0.2) is 0 Å². The number of allylic oxidation sites excluding steroid dienone is 2. The molecule has 18 heavy (non-hydrogen) atoms. The molecule has 2 aliphatic rings. The van der Waals surface area contributed by atoms with Crippen LogP contribution in [0.5, 0.6) is 0 Å². The van der Waals surface area contributed by atoms with E-state index in [0.29, 0.717) is 17.0 Å². The summed E-state index contributed by atoms with van der Waals surface area (Å²) in [6.45, 7) is 2.04. The molecule has 1 heterocycles. The lowest BCUT2D eigenvalue weighted by molar-refractivity contribution is 0.451. The van der Waals surface area contributed by atoms with Crippen molar-refractivity contribution in [3.05, 3.63) is 22.0 Å². The Morgan fingerprint density at radius 3 is 2.39 bits per heavy atom. The highest BCUT2D eigenvalue weighted by Gasteiger charge is 2.46. The Morgan fingerprint density at radius 1 is 1.28 bits per heavy atom. The van der Waals surface area contributed by atoms with Crippen LogP contribution in [0, 0.1) is 28.1 Å². The SMILES string of the molecule is CCSC1=C(C#N)C2(CCCC2)C(C#N)=C(N)N1. The van der Waals surface area contributed by atoms with Gasteiger partial charge in [0.05, 0.1) is 28.3 Å². The fraction of sp³-hybridized carbons (Fsp3) is 0.538. The first kappa shape index (κ1) is 12.9. The third kappa shape index (κ3) is 1.76. The predicted molar refractivity (Wildman–Crippen MR) is 71.6 cm³/mol. The van der Waals surface area contributed by atoms with Crippen molar-refractivity contribution in [3.63, 3.8) is 0 Å². The van der Waals surface area contributed by atoms with Gasteiger partial charge in [0.1, 0.15) is 5.82 Å². The number of nitrogens with zero attached hydrogens (tertiary/aromatic N) is 2. The summed E-state index contributed by atoms with van der Waals surface area (Å²) in [5.41, 5.74) is 6.81. The summed E-state index contributed by atoms with van der Waals surface area (Å²) >= 11 is 1.58. The molecule has 0 bridgehead atoms. The minimum absolute atomic E-state index is 0.420. The van der Waals surface area contributed by atoms with Gasteiger partial charge in [-0.3, -0.25) is 0 Å². The topological polar surface area (TPSA) is 85.6 Å². The van der Waals surface area contributed by atoms with E-state index in [0.717, 1.165) is 36.5 Å². The van der Waals surface area contributed by atoms with Crippen LogP contribution in [0.15, 0.2) is 22.0 Å². The normalized spacial score (nSPS) is 21.7. The van der Waals surface area contributed by atoms with Crippen LogP contribution in [0.1, 0.15) is 32.6 Å². The van der Waals surface area contributed by atoms with Crippen LogP contribution >= 0.6 is 11.8 Å². The first-order valence-corrected chi connectivity index (χ1v) is 7.13. The van der Waals surface area contributed by atoms with Gasteiger partial charge < -0.3 is 11.1 Å². The average Bonchev–Trinajstić information content (AvgIpc) is 2.80. The van der Waals surface area contributed by atoms with Crippen LogP contribution in [0.3, 0.4) is 0 Å². The Hall–Kier alpha value is -1.59. The quantitative estimate of drug-likeness (QED) is 0.796. The first-order valence-electron chi connectivity index (χ1n) is 6.14. The summed E-state index contributed by atoms with van der Waals surface area (Å²) in [5, 5.41) is 22.7. The molecule has 1 aliphatic heterocycles. The molecule has 94 valence electrons. The highest BCUT2D eigenvalue weighted by atomic mass is 32.2. The molecule has 2 rings (SSSR count). The molecular weight excluding hydrogens is 244 g/mol. The van der Waals surface area contributed by atoms with Crippen molar-refractivity contribution in [2.75, 3.05) is 5.75 Å². The van der Waals surface area contributed by atoms with E-state index in [1.807, 2.05) is 6.92 Å². The zero-order chi connectivity index (χ0) is 13.2. The van der Waals surface area contributed by atoms with E-state index in [2.05, 4.69) is 17.5 Å². The van der Waals surface area contributed by atoms with Crippen molar-refractivity contribution in [2.24, 2.45) is 11.1 Å². The van der Waals surface area contributed by atoms with Gasteiger partial charge in [0, 0.05) is 5.41 Å². The highest BCUT2D eigenvalue weighted by Crippen LogP contribution is 2.53. The lowest BCUT2D eigenvalue weighted by Crippen LogP contribution is -2.36. The molecular formula is C13H16N4S. The van der Waals surface area contributed by atoms with E-state index in [9.17, 15) is 10.5 Å². The second-order valence-corrected chi connectivity index (χ2v) is 5.84.